The first kappa shape index (κ1) is 9.39. The predicted molar refractivity (Wildman–Crippen MR) is 50.5 cm³/mol. The van der Waals surface area contributed by atoms with Crippen LogP contribution in [-0.4, -0.2) is 5.12 Å². The Labute approximate surface area is 77.4 Å². The minimum absolute atomic E-state index is 0.146. The van der Waals surface area contributed by atoms with Gasteiger partial charge >= 0.3 is 0 Å². The van der Waals surface area contributed by atoms with E-state index in [4.69, 9.17) is 4.42 Å². The highest BCUT2D eigenvalue weighted by Crippen LogP contribution is 2.28. The van der Waals surface area contributed by atoms with Crippen LogP contribution in [0.15, 0.2) is 16.7 Å². The maximum Gasteiger partial charge on any atom is 0.196 e. The molecule has 1 rings (SSSR count). The van der Waals surface area contributed by atoms with E-state index < -0.39 is 5.41 Å². The Balaban J connectivity index is 3.13. The van der Waals surface area contributed by atoms with Crippen molar-refractivity contribution in [2.24, 2.45) is 0 Å². The minimum atomic E-state index is -0.555. The molecule has 1 aromatic rings. The topological polar surface area (TPSA) is 30.2 Å². The molecule has 0 amide bonds. The summed E-state index contributed by atoms with van der Waals surface area (Å²) in [6.45, 7) is 5.51. The lowest BCUT2D eigenvalue weighted by Gasteiger charge is -2.19. The first-order chi connectivity index (χ1) is 5.46. The molecule has 0 bridgehead atoms. The van der Waals surface area contributed by atoms with Crippen LogP contribution in [0.2, 0.25) is 0 Å². The largest absolute Gasteiger partial charge is 0.469 e. The third-order valence-electron chi connectivity index (χ3n) is 2.07. The monoisotopic (exact) mass is 184 g/mol. The number of hydrogen-bond acceptors (Lipinski definition) is 2. The van der Waals surface area contributed by atoms with Gasteiger partial charge in [0, 0.05) is 5.56 Å². The van der Waals surface area contributed by atoms with Crippen LogP contribution in [0.3, 0.4) is 0 Å². The fourth-order valence-corrected chi connectivity index (χ4v) is 1.27. The molecule has 0 aliphatic rings. The average molecular weight is 184 g/mol. The number of furan rings is 1. The van der Waals surface area contributed by atoms with E-state index in [1.54, 1.807) is 6.26 Å². The van der Waals surface area contributed by atoms with Crippen molar-refractivity contribution < 1.29 is 9.21 Å². The SMILES string of the molecule is Cc1occc1C(C)(C)C(=O)S. The molecule has 0 aliphatic carbocycles. The zero-order valence-corrected chi connectivity index (χ0v) is 8.31. The summed E-state index contributed by atoms with van der Waals surface area (Å²) in [6, 6.07) is 1.81. The Hall–Kier alpha value is -0.700. The summed E-state index contributed by atoms with van der Waals surface area (Å²) in [4.78, 5) is 11.1. The zero-order chi connectivity index (χ0) is 9.35. The summed E-state index contributed by atoms with van der Waals surface area (Å²) in [5, 5.41) is -0.146. The van der Waals surface area contributed by atoms with Gasteiger partial charge in [0.25, 0.3) is 0 Å². The van der Waals surface area contributed by atoms with Crippen molar-refractivity contribution in [3.05, 3.63) is 23.7 Å². The average Bonchev–Trinajstić information content (AvgIpc) is 2.35. The third-order valence-corrected chi connectivity index (χ3v) is 2.63. The van der Waals surface area contributed by atoms with Gasteiger partial charge in [-0.3, -0.25) is 4.79 Å². The smallest absolute Gasteiger partial charge is 0.196 e. The number of hydrogen-bond donors (Lipinski definition) is 1. The number of carbonyl (C=O) groups is 1. The lowest BCUT2D eigenvalue weighted by molar-refractivity contribution is -0.114. The van der Waals surface area contributed by atoms with E-state index >= 15 is 0 Å². The molecule has 1 aromatic heterocycles. The number of aryl methyl sites for hydroxylation is 1. The van der Waals surface area contributed by atoms with Crippen molar-refractivity contribution in [3.63, 3.8) is 0 Å². The van der Waals surface area contributed by atoms with Crippen LogP contribution in [-0.2, 0) is 10.2 Å². The van der Waals surface area contributed by atoms with Crippen molar-refractivity contribution >= 4 is 17.7 Å². The summed E-state index contributed by atoms with van der Waals surface area (Å²) < 4.78 is 5.11. The van der Waals surface area contributed by atoms with Crippen molar-refractivity contribution in [1.82, 2.24) is 0 Å². The normalized spacial score (nSPS) is 11.7. The summed E-state index contributed by atoms with van der Waals surface area (Å²) in [6.07, 6.45) is 1.59. The second kappa shape index (κ2) is 2.98. The molecule has 12 heavy (non-hydrogen) atoms. The van der Waals surface area contributed by atoms with Crippen LogP contribution >= 0.6 is 12.6 Å². The van der Waals surface area contributed by atoms with E-state index in [1.807, 2.05) is 26.8 Å². The maximum atomic E-state index is 11.1. The Morgan fingerprint density at radius 1 is 1.58 bits per heavy atom. The third kappa shape index (κ3) is 1.41. The van der Waals surface area contributed by atoms with Gasteiger partial charge in [-0.25, -0.2) is 0 Å². The van der Waals surface area contributed by atoms with E-state index in [1.165, 1.54) is 0 Å². The Bertz CT molecular complexity index is 299. The standard InChI is InChI=1S/C9H12O2S/c1-6-7(4-5-11-6)9(2,3)8(10)12/h4-5H,1-3H3,(H,10,12). The van der Waals surface area contributed by atoms with Gasteiger partial charge in [0.2, 0.25) is 0 Å². The predicted octanol–water partition coefficient (Wildman–Crippen LogP) is 2.32. The van der Waals surface area contributed by atoms with E-state index in [2.05, 4.69) is 12.6 Å². The highest BCUT2D eigenvalue weighted by Gasteiger charge is 2.29. The Morgan fingerprint density at radius 2 is 2.17 bits per heavy atom. The molecule has 0 aliphatic heterocycles. The van der Waals surface area contributed by atoms with Crippen LogP contribution in [0.25, 0.3) is 0 Å². The van der Waals surface area contributed by atoms with Gasteiger partial charge < -0.3 is 4.42 Å². The molecule has 1 heterocycles. The zero-order valence-electron chi connectivity index (χ0n) is 7.42. The van der Waals surface area contributed by atoms with Crippen molar-refractivity contribution in [2.45, 2.75) is 26.2 Å². The molecule has 0 radical (unpaired) electrons. The molecule has 3 heteroatoms. The first-order valence-electron chi connectivity index (χ1n) is 3.74. The van der Waals surface area contributed by atoms with Crippen LogP contribution in [0.1, 0.15) is 25.2 Å². The molecule has 66 valence electrons. The highest BCUT2D eigenvalue weighted by molar-refractivity contribution is 7.96. The van der Waals surface area contributed by atoms with Crippen molar-refractivity contribution in [2.75, 3.05) is 0 Å². The highest BCUT2D eigenvalue weighted by atomic mass is 32.1. The summed E-state index contributed by atoms with van der Waals surface area (Å²) in [7, 11) is 0. The molecule has 0 atom stereocenters. The lowest BCUT2D eigenvalue weighted by atomic mass is 9.86. The van der Waals surface area contributed by atoms with E-state index in [0.29, 0.717) is 0 Å². The van der Waals surface area contributed by atoms with Gasteiger partial charge in [0.1, 0.15) is 5.76 Å². The molecule has 0 saturated heterocycles. The van der Waals surface area contributed by atoms with E-state index in [-0.39, 0.29) is 5.12 Å². The van der Waals surface area contributed by atoms with Gasteiger partial charge in [-0.05, 0) is 26.8 Å². The van der Waals surface area contributed by atoms with E-state index in [9.17, 15) is 4.79 Å². The minimum Gasteiger partial charge on any atom is -0.469 e. The van der Waals surface area contributed by atoms with E-state index in [0.717, 1.165) is 11.3 Å². The van der Waals surface area contributed by atoms with Gasteiger partial charge in [-0.15, -0.1) is 12.6 Å². The molecule has 0 fully saturated rings. The van der Waals surface area contributed by atoms with Gasteiger partial charge in [-0.1, -0.05) is 0 Å². The summed E-state index contributed by atoms with van der Waals surface area (Å²) >= 11 is 3.83. The van der Waals surface area contributed by atoms with Crippen molar-refractivity contribution in [1.29, 1.82) is 0 Å². The Morgan fingerprint density at radius 3 is 2.50 bits per heavy atom. The molecular formula is C9H12O2S. The second-order valence-corrected chi connectivity index (χ2v) is 3.73. The summed E-state index contributed by atoms with van der Waals surface area (Å²) in [5.74, 6) is 0.780. The molecule has 0 unspecified atom stereocenters. The summed E-state index contributed by atoms with van der Waals surface area (Å²) in [5.41, 5.74) is 0.350. The molecule has 0 aromatic carbocycles. The van der Waals surface area contributed by atoms with Gasteiger partial charge in [-0.2, -0.15) is 0 Å². The number of rotatable bonds is 2. The van der Waals surface area contributed by atoms with Gasteiger partial charge in [0.05, 0.1) is 11.7 Å². The lowest BCUT2D eigenvalue weighted by Crippen LogP contribution is -2.24. The fourth-order valence-electron chi connectivity index (χ4n) is 1.15. The fraction of sp³-hybridized carbons (Fsp3) is 0.444. The van der Waals surface area contributed by atoms with Crippen molar-refractivity contribution in [3.8, 4) is 0 Å². The van der Waals surface area contributed by atoms with Crippen LogP contribution in [0, 0.1) is 6.92 Å². The van der Waals surface area contributed by atoms with Crippen LogP contribution in [0.5, 0.6) is 0 Å². The molecule has 2 nitrogen and oxygen atoms in total. The number of carbonyl (C=O) groups excluding carboxylic acids is 1. The van der Waals surface area contributed by atoms with Crippen LogP contribution < -0.4 is 0 Å². The quantitative estimate of drug-likeness (QED) is 0.715. The molecule has 0 N–H and O–H groups in total. The second-order valence-electron chi connectivity index (χ2n) is 3.32. The van der Waals surface area contributed by atoms with Crippen LogP contribution in [0.4, 0.5) is 0 Å². The molecule has 0 saturated carbocycles. The molecular weight excluding hydrogens is 172 g/mol. The maximum absolute atomic E-state index is 11.1. The Kier molecular flexibility index (Phi) is 2.33. The van der Waals surface area contributed by atoms with Gasteiger partial charge in [0.15, 0.2) is 5.12 Å². The first-order valence-corrected chi connectivity index (χ1v) is 4.19. The molecule has 0 spiro atoms. The number of thiol groups is 1.